The van der Waals surface area contributed by atoms with E-state index < -0.39 is 23.5 Å². The van der Waals surface area contributed by atoms with Gasteiger partial charge in [0, 0.05) is 19.2 Å². The van der Waals surface area contributed by atoms with Crippen LogP contribution in [0.5, 0.6) is 0 Å². The Labute approximate surface area is 192 Å². The summed E-state index contributed by atoms with van der Waals surface area (Å²) in [6.07, 6.45) is 3.48. The highest BCUT2D eigenvalue weighted by atomic mass is 35.5. The number of hydrogen-bond acceptors (Lipinski definition) is 6. The zero-order chi connectivity index (χ0) is 23.2. The summed E-state index contributed by atoms with van der Waals surface area (Å²) in [5, 5.41) is 6.85. The first-order chi connectivity index (χ1) is 14.5. The van der Waals surface area contributed by atoms with Crippen LogP contribution >= 0.6 is 23.8 Å². The number of nitrogens with zero attached hydrogens (tertiary/aromatic N) is 2. The molecule has 2 rings (SSSR count). The largest absolute Gasteiger partial charge is 0.442 e. The summed E-state index contributed by atoms with van der Waals surface area (Å²) in [7, 11) is 1.76. The molecule has 0 radical (unpaired) electrons. The summed E-state index contributed by atoms with van der Waals surface area (Å²) in [4.78, 5) is 42.3. The molecule has 1 aliphatic carbocycles. The maximum absolute atomic E-state index is 12.8. The summed E-state index contributed by atoms with van der Waals surface area (Å²) in [6.45, 7) is 5.18. The van der Waals surface area contributed by atoms with Crippen molar-refractivity contribution >= 4 is 52.5 Å². The number of halogens is 1. The number of ether oxygens (including phenoxy) is 1. The predicted molar refractivity (Wildman–Crippen MR) is 121 cm³/mol. The monoisotopic (exact) mass is 469 g/mol. The van der Waals surface area contributed by atoms with Crippen molar-refractivity contribution in [3.05, 3.63) is 23.4 Å². The minimum atomic E-state index is -1.01. The second kappa shape index (κ2) is 10.7. The molecule has 11 heteroatoms. The van der Waals surface area contributed by atoms with Crippen molar-refractivity contribution in [3.8, 4) is 0 Å². The van der Waals surface area contributed by atoms with E-state index in [2.05, 4.69) is 21.0 Å². The van der Waals surface area contributed by atoms with Gasteiger partial charge in [0.15, 0.2) is 0 Å². The molecule has 0 aromatic carbocycles. The first kappa shape index (κ1) is 24.8. The number of nitrogens with one attached hydrogen (secondary N) is 3. The Balaban J connectivity index is 2.14. The van der Waals surface area contributed by atoms with E-state index >= 15 is 0 Å². The molecule has 1 unspecified atom stereocenters. The fourth-order valence-corrected chi connectivity index (χ4v) is 3.55. The van der Waals surface area contributed by atoms with Gasteiger partial charge in [0.05, 0.1) is 16.1 Å². The molecule has 1 saturated carbocycles. The van der Waals surface area contributed by atoms with Gasteiger partial charge in [-0.15, -0.1) is 0 Å². The van der Waals surface area contributed by atoms with Crippen LogP contribution in [0.2, 0.25) is 5.02 Å². The third-order valence-electron chi connectivity index (χ3n) is 4.62. The quantitative estimate of drug-likeness (QED) is 0.354. The molecule has 1 heterocycles. The topological polar surface area (TPSA) is 113 Å². The predicted octanol–water partition coefficient (Wildman–Crippen LogP) is 3.05. The first-order valence-electron chi connectivity index (χ1n) is 9.97. The third-order valence-corrected chi connectivity index (χ3v) is 5.38. The van der Waals surface area contributed by atoms with Crippen molar-refractivity contribution < 1.29 is 19.1 Å². The molecular weight excluding hydrogens is 442 g/mol. The molecule has 0 bridgehead atoms. The van der Waals surface area contributed by atoms with Crippen molar-refractivity contribution in [2.45, 2.75) is 58.1 Å². The molecule has 0 aliphatic heterocycles. The van der Waals surface area contributed by atoms with Gasteiger partial charge >= 0.3 is 17.9 Å². The highest BCUT2D eigenvalue weighted by Crippen LogP contribution is 2.28. The van der Waals surface area contributed by atoms with Gasteiger partial charge in [0.2, 0.25) is 0 Å². The SMILES string of the molecule is CNC(=S)[C@H]1CCCC(N(NC(=O)C(=O)Nc2ccc(Cl)cn2)C(=O)OC(C)(C)C)C1. The standard InChI is InChI=1S/C20H28ClN5O4S/c1-20(2,3)30-19(29)26(14-7-5-6-12(10-14)18(31)22-4)25-17(28)16(27)24-15-9-8-13(21)11-23-15/h8-9,11-12,14H,5-7,10H2,1-4H3,(H,22,31)(H,25,28)(H,23,24,27)/t12-,14?/m0/s1. The minimum absolute atomic E-state index is 0.0627. The van der Waals surface area contributed by atoms with E-state index in [0.29, 0.717) is 22.9 Å². The van der Waals surface area contributed by atoms with Crippen LogP contribution in [0.3, 0.4) is 0 Å². The van der Waals surface area contributed by atoms with E-state index in [-0.39, 0.29) is 17.8 Å². The summed E-state index contributed by atoms with van der Waals surface area (Å²) in [6, 6.07) is 2.62. The van der Waals surface area contributed by atoms with Crippen LogP contribution in [0, 0.1) is 5.92 Å². The highest BCUT2D eigenvalue weighted by Gasteiger charge is 2.35. The summed E-state index contributed by atoms with van der Waals surface area (Å²) < 4.78 is 5.45. The van der Waals surface area contributed by atoms with E-state index in [9.17, 15) is 14.4 Å². The molecule has 9 nitrogen and oxygen atoms in total. The van der Waals surface area contributed by atoms with Crippen molar-refractivity contribution in [1.82, 2.24) is 20.7 Å². The summed E-state index contributed by atoms with van der Waals surface area (Å²) >= 11 is 11.1. The number of rotatable bonds is 3. The molecule has 3 amide bonds. The van der Waals surface area contributed by atoms with E-state index in [1.807, 2.05) is 0 Å². The molecule has 31 heavy (non-hydrogen) atoms. The number of amides is 3. The molecule has 3 N–H and O–H groups in total. The van der Waals surface area contributed by atoms with Crippen molar-refractivity contribution in [2.75, 3.05) is 12.4 Å². The number of aromatic nitrogens is 1. The van der Waals surface area contributed by atoms with E-state index in [4.69, 9.17) is 28.6 Å². The summed E-state index contributed by atoms with van der Waals surface area (Å²) in [5.41, 5.74) is 1.63. The van der Waals surface area contributed by atoms with Gasteiger partial charge in [-0.2, -0.15) is 0 Å². The Morgan fingerprint density at radius 1 is 1.23 bits per heavy atom. The van der Waals surface area contributed by atoms with Gasteiger partial charge < -0.3 is 15.4 Å². The lowest BCUT2D eigenvalue weighted by atomic mass is 9.85. The van der Waals surface area contributed by atoms with Crippen LogP contribution < -0.4 is 16.1 Å². The molecule has 1 aromatic heterocycles. The Bertz CT molecular complexity index is 828. The van der Waals surface area contributed by atoms with Crippen LogP contribution in [-0.4, -0.2) is 51.6 Å². The summed E-state index contributed by atoms with van der Waals surface area (Å²) in [5.74, 6) is -1.76. The lowest BCUT2D eigenvalue weighted by molar-refractivity contribution is -0.140. The second-order valence-electron chi connectivity index (χ2n) is 8.24. The van der Waals surface area contributed by atoms with Crippen molar-refractivity contribution in [2.24, 2.45) is 5.92 Å². The number of carbonyl (C=O) groups is 3. The van der Waals surface area contributed by atoms with Crippen molar-refractivity contribution in [1.29, 1.82) is 0 Å². The Hall–Kier alpha value is -2.46. The van der Waals surface area contributed by atoms with Crippen molar-refractivity contribution in [3.63, 3.8) is 0 Å². The maximum Gasteiger partial charge on any atom is 0.429 e. The average molecular weight is 470 g/mol. The number of hydrogen-bond donors (Lipinski definition) is 3. The molecule has 0 saturated heterocycles. The van der Waals surface area contributed by atoms with Crippen LogP contribution in [0.25, 0.3) is 0 Å². The molecule has 1 fully saturated rings. The lowest BCUT2D eigenvalue weighted by Gasteiger charge is -2.37. The van der Waals surface area contributed by atoms with Gasteiger partial charge in [-0.1, -0.05) is 30.2 Å². The second-order valence-corrected chi connectivity index (χ2v) is 9.11. The third kappa shape index (κ3) is 7.62. The molecule has 170 valence electrons. The van der Waals surface area contributed by atoms with Gasteiger partial charge in [-0.05, 0) is 52.2 Å². The van der Waals surface area contributed by atoms with Gasteiger partial charge in [-0.25, -0.2) is 14.8 Å². The average Bonchev–Trinajstić information content (AvgIpc) is 2.71. The van der Waals surface area contributed by atoms with Crippen LogP contribution in [0.4, 0.5) is 10.6 Å². The fraction of sp³-hybridized carbons (Fsp3) is 0.550. The van der Waals surface area contributed by atoms with Crippen LogP contribution in [0.15, 0.2) is 18.3 Å². The zero-order valence-corrected chi connectivity index (χ0v) is 19.6. The first-order valence-corrected chi connectivity index (χ1v) is 10.8. The molecule has 1 aromatic rings. The Morgan fingerprint density at radius 3 is 2.52 bits per heavy atom. The van der Waals surface area contributed by atoms with E-state index in [0.717, 1.165) is 17.9 Å². The number of carbonyl (C=O) groups excluding carboxylic acids is 3. The lowest BCUT2D eigenvalue weighted by Crippen LogP contribution is -2.57. The number of pyridine rings is 1. The molecule has 1 aliphatic rings. The number of anilines is 1. The number of thiocarbonyl (C=S) groups is 1. The van der Waals surface area contributed by atoms with Crippen LogP contribution in [-0.2, 0) is 14.3 Å². The Kier molecular flexibility index (Phi) is 8.58. The molecular formula is C20H28ClN5O4S. The van der Waals surface area contributed by atoms with E-state index in [1.54, 1.807) is 27.8 Å². The highest BCUT2D eigenvalue weighted by molar-refractivity contribution is 7.80. The van der Waals surface area contributed by atoms with Gasteiger partial charge in [0.25, 0.3) is 0 Å². The Morgan fingerprint density at radius 2 is 1.94 bits per heavy atom. The van der Waals surface area contributed by atoms with Crippen LogP contribution in [0.1, 0.15) is 46.5 Å². The van der Waals surface area contributed by atoms with Gasteiger partial charge in [-0.3, -0.25) is 15.0 Å². The maximum atomic E-state index is 12.8. The van der Waals surface area contributed by atoms with Gasteiger partial charge in [0.1, 0.15) is 11.4 Å². The fourth-order valence-electron chi connectivity index (χ4n) is 3.22. The normalized spacial score (nSPS) is 18.5. The molecule has 2 atom stereocenters. The smallest absolute Gasteiger partial charge is 0.429 e. The number of hydrazine groups is 1. The zero-order valence-electron chi connectivity index (χ0n) is 18.0. The minimum Gasteiger partial charge on any atom is -0.442 e. The molecule has 0 spiro atoms. The van der Waals surface area contributed by atoms with E-state index in [1.165, 1.54) is 18.3 Å².